The van der Waals surface area contributed by atoms with E-state index in [1.807, 2.05) is 42.3 Å². The molecule has 2 N–H and O–H groups in total. The molecule has 3 aromatic heterocycles. The lowest BCUT2D eigenvalue weighted by Crippen LogP contribution is -2.42. The number of urea groups is 1. The number of likely N-dealkylation sites (tertiary alicyclic amines) is 1. The molecule has 0 unspecified atom stereocenters. The van der Waals surface area contributed by atoms with E-state index in [4.69, 9.17) is 0 Å². The summed E-state index contributed by atoms with van der Waals surface area (Å²) in [5.41, 5.74) is 3.64. The first-order valence-corrected chi connectivity index (χ1v) is 9.21. The van der Waals surface area contributed by atoms with Crippen molar-refractivity contribution in [3.8, 4) is 0 Å². The molecule has 150 valence electrons. The predicted octanol–water partition coefficient (Wildman–Crippen LogP) is 2.34. The molecule has 1 fully saturated rings. The number of imidazole rings is 1. The van der Waals surface area contributed by atoms with Crippen molar-refractivity contribution in [1.82, 2.24) is 24.6 Å². The van der Waals surface area contributed by atoms with Crippen molar-refractivity contribution >= 4 is 22.8 Å². The lowest BCUT2D eigenvalue weighted by atomic mass is 9.91. The molecule has 0 saturated carbocycles. The maximum absolute atomic E-state index is 12.4. The molecule has 0 aromatic carbocycles. The van der Waals surface area contributed by atoms with Gasteiger partial charge in [-0.1, -0.05) is 13.3 Å². The Balaban J connectivity index is 1.67. The van der Waals surface area contributed by atoms with Gasteiger partial charge in [0.15, 0.2) is 16.9 Å². The fraction of sp³-hybridized carbons (Fsp3) is 0.500. The van der Waals surface area contributed by atoms with Crippen LogP contribution in [0.4, 0.5) is 18.0 Å². The van der Waals surface area contributed by atoms with Gasteiger partial charge in [0.25, 0.3) is 0 Å². The summed E-state index contributed by atoms with van der Waals surface area (Å²) < 4.78 is 41.4. The number of aromatic amines is 1. The van der Waals surface area contributed by atoms with Crippen LogP contribution in [0.2, 0.25) is 0 Å². The summed E-state index contributed by atoms with van der Waals surface area (Å²) in [6.45, 7) is 1.53. The Bertz CT molecular complexity index is 1020. The number of hydrogen-bond donors (Lipinski definition) is 2. The fourth-order valence-corrected chi connectivity index (χ4v) is 4.12. The van der Waals surface area contributed by atoms with E-state index in [0.29, 0.717) is 13.1 Å². The number of amides is 2. The highest BCUT2D eigenvalue weighted by atomic mass is 19.4. The highest BCUT2D eigenvalue weighted by Gasteiger charge is 2.40. The number of halogens is 3. The number of carbonyl (C=O) groups excluding carboxylic acids is 1. The number of carbonyl (C=O) groups is 1. The summed E-state index contributed by atoms with van der Waals surface area (Å²) >= 11 is 0. The van der Waals surface area contributed by atoms with Crippen LogP contribution >= 0.6 is 0 Å². The van der Waals surface area contributed by atoms with Gasteiger partial charge < -0.3 is 15.2 Å². The van der Waals surface area contributed by atoms with Crippen LogP contribution in [0.25, 0.3) is 16.8 Å². The number of H-pyrrole nitrogens is 1. The van der Waals surface area contributed by atoms with Crippen molar-refractivity contribution in [2.75, 3.05) is 19.6 Å². The van der Waals surface area contributed by atoms with Crippen molar-refractivity contribution < 1.29 is 22.5 Å². The average Bonchev–Trinajstić information content (AvgIpc) is 3.34. The van der Waals surface area contributed by atoms with Gasteiger partial charge in [0.1, 0.15) is 18.9 Å². The maximum Gasteiger partial charge on any atom is 0.405 e. The summed E-state index contributed by atoms with van der Waals surface area (Å²) in [5, 5.41) is 1.98. The van der Waals surface area contributed by atoms with E-state index in [1.54, 1.807) is 6.20 Å². The molecule has 10 heteroatoms. The lowest BCUT2D eigenvalue weighted by Gasteiger charge is -2.17. The standard InChI is InChI=1S/C18H21F3N6O/c1-3-11-7-26(17(28)24-10-18(19,20)21)8-12(11)14-9-25(2)15-6-23-16-13(27(14)15)4-5-22-16/h4-6,9,11-12H,3,7-8,10H2,1-2H3,(H,24,28)/p+1/t11-,12+/m1/s1. The van der Waals surface area contributed by atoms with Crippen LogP contribution in [-0.2, 0) is 7.05 Å². The molecule has 1 aliphatic rings. The van der Waals surface area contributed by atoms with E-state index < -0.39 is 18.8 Å². The van der Waals surface area contributed by atoms with E-state index in [-0.39, 0.29) is 11.8 Å². The Morgan fingerprint density at radius 1 is 1.43 bits per heavy atom. The highest BCUT2D eigenvalue weighted by molar-refractivity contribution is 5.75. The van der Waals surface area contributed by atoms with Crippen LogP contribution in [0, 0.1) is 5.92 Å². The van der Waals surface area contributed by atoms with Crippen LogP contribution in [0.5, 0.6) is 0 Å². The minimum Gasteiger partial charge on any atom is -0.343 e. The molecule has 7 nitrogen and oxygen atoms in total. The van der Waals surface area contributed by atoms with Gasteiger partial charge in [-0.25, -0.2) is 14.3 Å². The first kappa shape index (κ1) is 18.6. The third kappa shape index (κ3) is 3.16. The van der Waals surface area contributed by atoms with Crippen LogP contribution in [0.15, 0.2) is 24.7 Å². The van der Waals surface area contributed by atoms with Gasteiger partial charge in [-0.2, -0.15) is 17.6 Å². The number of aryl methyl sites for hydroxylation is 1. The summed E-state index contributed by atoms with van der Waals surface area (Å²) in [6.07, 6.45) is 2.03. The topological polar surface area (TPSA) is 69.3 Å². The first-order chi connectivity index (χ1) is 13.3. The molecule has 4 heterocycles. The Labute approximate surface area is 159 Å². The molecular formula is C18H22F3N6O+. The molecule has 1 aliphatic heterocycles. The molecule has 28 heavy (non-hydrogen) atoms. The molecule has 2 atom stereocenters. The molecule has 3 aromatic rings. The predicted molar refractivity (Wildman–Crippen MR) is 95.8 cm³/mol. The minimum atomic E-state index is -4.42. The Morgan fingerprint density at radius 2 is 2.21 bits per heavy atom. The molecule has 4 rings (SSSR count). The third-order valence-corrected chi connectivity index (χ3v) is 5.50. The zero-order valence-electron chi connectivity index (χ0n) is 15.6. The lowest BCUT2D eigenvalue weighted by molar-refractivity contribution is -0.644. The van der Waals surface area contributed by atoms with Crippen molar-refractivity contribution in [2.45, 2.75) is 25.4 Å². The van der Waals surface area contributed by atoms with Crippen molar-refractivity contribution in [3.05, 3.63) is 30.4 Å². The minimum absolute atomic E-state index is 0.0239. The monoisotopic (exact) mass is 395 g/mol. The number of alkyl halides is 3. The molecule has 2 amide bonds. The quantitative estimate of drug-likeness (QED) is 0.669. The van der Waals surface area contributed by atoms with E-state index in [1.165, 1.54) is 4.90 Å². The maximum atomic E-state index is 12.4. The molecule has 0 bridgehead atoms. The second-order valence-corrected chi connectivity index (χ2v) is 7.28. The SMILES string of the molecule is CC[C@@H]1CN(C(=O)NCC(F)(F)F)C[C@@H]1c1c[n+](C)c2cnc3[nH]ccc3n12. The zero-order valence-corrected chi connectivity index (χ0v) is 15.6. The summed E-state index contributed by atoms with van der Waals surface area (Å²) in [6, 6.07) is 1.28. The number of hydrogen-bond acceptors (Lipinski definition) is 2. The molecule has 0 aliphatic carbocycles. The smallest absolute Gasteiger partial charge is 0.343 e. The number of nitrogens with zero attached hydrogens (tertiary/aromatic N) is 4. The normalized spacial score (nSPS) is 20.4. The van der Waals surface area contributed by atoms with Gasteiger partial charge in [0.05, 0.1) is 7.05 Å². The third-order valence-electron chi connectivity index (χ3n) is 5.50. The van der Waals surface area contributed by atoms with E-state index >= 15 is 0 Å². The number of fused-ring (bicyclic) bond motifs is 3. The Morgan fingerprint density at radius 3 is 2.93 bits per heavy atom. The Hall–Kier alpha value is -2.78. The first-order valence-electron chi connectivity index (χ1n) is 9.21. The van der Waals surface area contributed by atoms with Crippen molar-refractivity contribution in [2.24, 2.45) is 13.0 Å². The largest absolute Gasteiger partial charge is 0.405 e. The number of rotatable bonds is 3. The highest BCUT2D eigenvalue weighted by Crippen LogP contribution is 2.35. The van der Waals surface area contributed by atoms with Gasteiger partial charge in [-0.3, -0.25) is 0 Å². The average molecular weight is 395 g/mol. The van der Waals surface area contributed by atoms with Crippen molar-refractivity contribution in [1.29, 1.82) is 0 Å². The number of aromatic nitrogens is 4. The molecule has 1 saturated heterocycles. The van der Waals surface area contributed by atoms with Crippen LogP contribution < -0.4 is 9.88 Å². The van der Waals surface area contributed by atoms with Crippen LogP contribution in [0.3, 0.4) is 0 Å². The zero-order chi connectivity index (χ0) is 20.1. The summed E-state index contributed by atoms with van der Waals surface area (Å²) in [7, 11) is 1.93. The van der Waals surface area contributed by atoms with Gasteiger partial charge in [0, 0.05) is 31.3 Å². The second kappa shape index (κ2) is 6.68. The molecular weight excluding hydrogens is 373 g/mol. The van der Waals surface area contributed by atoms with Gasteiger partial charge in [-0.05, 0) is 5.92 Å². The van der Waals surface area contributed by atoms with Crippen LogP contribution in [0.1, 0.15) is 25.0 Å². The van der Waals surface area contributed by atoms with Gasteiger partial charge in [0.2, 0.25) is 0 Å². The summed E-state index contributed by atoms with van der Waals surface area (Å²) in [4.78, 5) is 21.3. The van der Waals surface area contributed by atoms with Crippen molar-refractivity contribution in [3.63, 3.8) is 0 Å². The van der Waals surface area contributed by atoms with E-state index in [0.717, 1.165) is 28.9 Å². The number of nitrogens with one attached hydrogen (secondary N) is 2. The fourth-order valence-electron chi connectivity index (χ4n) is 4.12. The van der Waals surface area contributed by atoms with Gasteiger partial charge in [-0.15, -0.1) is 0 Å². The molecule has 0 spiro atoms. The Kier molecular flexibility index (Phi) is 4.43. The van der Waals surface area contributed by atoms with E-state index in [9.17, 15) is 18.0 Å². The van der Waals surface area contributed by atoms with Gasteiger partial charge >= 0.3 is 17.9 Å². The summed E-state index contributed by atoms with van der Waals surface area (Å²) in [5.74, 6) is 0.188. The second-order valence-electron chi connectivity index (χ2n) is 7.28. The van der Waals surface area contributed by atoms with E-state index in [2.05, 4.69) is 14.4 Å². The van der Waals surface area contributed by atoms with Crippen LogP contribution in [-0.4, -0.2) is 51.1 Å². The molecule has 0 radical (unpaired) electrons.